The third-order valence-electron chi connectivity index (χ3n) is 3.76. The first kappa shape index (κ1) is 14.0. The van der Waals surface area contributed by atoms with Crippen molar-refractivity contribution >= 4 is 5.57 Å². The van der Waals surface area contributed by atoms with E-state index in [1.54, 1.807) is 5.57 Å². The molecule has 0 bridgehead atoms. The van der Waals surface area contributed by atoms with Crippen LogP contribution in [0.25, 0.3) is 5.57 Å². The first-order valence-corrected chi connectivity index (χ1v) is 7.30. The SMILES string of the molecule is CCC1=CC(c2ccc(C3CC3)nc2)=CCC1.CN. The van der Waals surface area contributed by atoms with Crippen molar-refractivity contribution in [1.29, 1.82) is 0 Å². The molecule has 1 saturated carbocycles. The molecule has 3 rings (SSSR count). The van der Waals surface area contributed by atoms with Crippen LogP contribution in [0.3, 0.4) is 0 Å². The number of nitrogens with zero attached hydrogens (tertiary/aromatic N) is 1. The highest BCUT2D eigenvalue weighted by Gasteiger charge is 2.24. The zero-order valence-corrected chi connectivity index (χ0v) is 12.0. The molecule has 0 spiro atoms. The molecule has 0 saturated heterocycles. The molecule has 0 amide bonds. The summed E-state index contributed by atoms with van der Waals surface area (Å²) in [6.45, 7) is 2.24. The summed E-state index contributed by atoms with van der Waals surface area (Å²) in [6.07, 6.45) is 13.0. The fourth-order valence-electron chi connectivity index (χ4n) is 2.44. The quantitative estimate of drug-likeness (QED) is 0.886. The van der Waals surface area contributed by atoms with Gasteiger partial charge in [-0.05, 0) is 56.4 Å². The predicted octanol–water partition coefficient (Wildman–Crippen LogP) is 4.05. The second-order valence-electron chi connectivity index (χ2n) is 5.10. The summed E-state index contributed by atoms with van der Waals surface area (Å²) in [5.41, 5.74) is 9.99. The third-order valence-corrected chi connectivity index (χ3v) is 3.76. The van der Waals surface area contributed by atoms with E-state index in [0.29, 0.717) is 0 Å². The Kier molecular flexibility index (Phi) is 4.92. The molecule has 0 radical (unpaired) electrons. The number of pyridine rings is 1. The molecule has 1 aromatic rings. The highest BCUT2D eigenvalue weighted by molar-refractivity contribution is 5.75. The van der Waals surface area contributed by atoms with Gasteiger partial charge in [0.25, 0.3) is 0 Å². The topological polar surface area (TPSA) is 38.9 Å². The van der Waals surface area contributed by atoms with Gasteiger partial charge in [-0.1, -0.05) is 30.7 Å². The minimum Gasteiger partial charge on any atom is -0.333 e. The van der Waals surface area contributed by atoms with Gasteiger partial charge in [-0.25, -0.2) is 0 Å². The largest absolute Gasteiger partial charge is 0.333 e. The van der Waals surface area contributed by atoms with Crippen molar-refractivity contribution in [1.82, 2.24) is 4.98 Å². The molecule has 0 atom stereocenters. The predicted molar refractivity (Wildman–Crippen MR) is 81.9 cm³/mol. The summed E-state index contributed by atoms with van der Waals surface area (Å²) in [7, 11) is 1.50. The second-order valence-corrected chi connectivity index (χ2v) is 5.10. The average Bonchev–Trinajstić information content (AvgIpc) is 3.34. The molecule has 2 aliphatic rings. The van der Waals surface area contributed by atoms with Gasteiger partial charge in [0.05, 0.1) is 0 Å². The Morgan fingerprint density at radius 2 is 2.05 bits per heavy atom. The first-order chi connectivity index (χ1) is 9.36. The van der Waals surface area contributed by atoms with E-state index in [9.17, 15) is 0 Å². The van der Waals surface area contributed by atoms with Crippen molar-refractivity contribution in [2.45, 2.75) is 44.9 Å². The summed E-state index contributed by atoms with van der Waals surface area (Å²) in [6, 6.07) is 4.45. The molecule has 0 unspecified atom stereocenters. The molecular weight excluding hydrogens is 232 g/mol. The lowest BCUT2D eigenvalue weighted by atomic mass is 9.94. The summed E-state index contributed by atoms with van der Waals surface area (Å²) >= 11 is 0. The molecule has 19 heavy (non-hydrogen) atoms. The van der Waals surface area contributed by atoms with Gasteiger partial charge in [0.15, 0.2) is 0 Å². The van der Waals surface area contributed by atoms with Gasteiger partial charge in [-0.2, -0.15) is 0 Å². The van der Waals surface area contributed by atoms with Crippen LogP contribution in [0.5, 0.6) is 0 Å². The molecule has 1 fully saturated rings. The summed E-state index contributed by atoms with van der Waals surface area (Å²) in [4.78, 5) is 4.60. The van der Waals surface area contributed by atoms with Gasteiger partial charge in [0.2, 0.25) is 0 Å². The van der Waals surface area contributed by atoms with Crippen LogP contribution in [-0.2, 0) is 0 Å². The smallest absolute Gasteiger partial charge is 0.0434 e. The molecule has 2 heteroatoms. The van der Waals surface area contributed by atoms with E-state index in [-0.39, 0.29) is 0 Å². The fraction of sp³-hybridized carbons (Fsp3) is 0.471. The molecule has 0 aromatic carbocycles. The van der Waals surface area contributed by atoms with Crippen LogP contribution >= 0.6 is 0 Å². The van der Waals surface area contributed by atoms with Gasteiger partial charge < -0.3 is 5.73 Å². The zero-order chi connectivity index (χ0) is 13.7. The minimum absolute atomic E-state index is 0.756. The monoisotopic (exact) mass is 256 g/mol. The lowest BCUT2D eigenvalue weighted by molar-refractivity contribution is 0.898. The molecule has 1 aromatic heterocycles. The van der Waals surface area contributed by atoms with Crippen LogP contribution in [0.1, 0.15) is 56.2 Å². The third kappa shape index (κ3) is 3.54. The van der Waals surface area contributed by atoms with E-state index in [4.69, 9.17) is 0 Å². The molecule has 1 heterocycles. The normalized spacial score (nSPS) is 18.1. The van der Waals surface area contributed by atoms with Crippen molar-refractivity contribution in [3.8, 4) is 0 Å². The molecular formula is C17H24N2. The van der Waals surface area contributed by atoms with E-state index in [1.807, 2.05) is 0 Å². The lowest BCUT2D eigenvalue weighted by Crippen LogP contribution is -1.94. The average molecular weight is 256 g/mol. The van der Waals surface area contributed by atoms with Crippen molar-refractivity contribution in [3.63, 3.8) is 0 Å². The van der Waals surface area contributed by atoms with Crippen LogP contribution in [0.2, 0.25) is 0 Å². The lowest BCUT2D eigenvalue weighted by Gasteiger charge is -2.12. The Bertz CT molecular complexity index is 465. The molecule has 102 valence electrons. The van der Waals surface area contributed by atoms with Crippen molar-refractivity contribution in [2.24, 2.45) is 5.73 Å². The van der Waals surface area contributed by atoms with Crippen LogP contribution in [0.4, 0.5) is 0 Å². The second kappa shape index (κ2) is 6.67. The Hall–Kier alpha value is -1.41. The summed E-state index contributed by atoms with van der Waals surface area (Å²) in [5.74, 6) is 0.756. The van der Waals surface area contributed by atoms with Gasteiger partial charge >= 0.3 is 0 Å². The number of rotatable bonds is 3. The highest BCUT2D eigenvalue weighted by atomic mass is 14.7. The van der Waals surface area contributed by atoms with E-state index in [2.05, 4.69) is 48.1 Å². The van der Waals surface area contributed by atoms with Crippen LogP contribution < -0.4 is 5.73 Å². The summed E-state index contributed by atoms with van der Waals surface area (Å²) < 4.78 is 0. The van der Waals surface area contributed by atoms with Crippen molar-refractivity contribution in [2.75, 3.05) is 7.05 Å². The number of hydrogen-bond acceptors (Lipinski definition) is 2. The maximum Gasteiger partial charge on any atom is 0.0434 e. The standard InChI is InChI=1S/C16H19N.CH5N/c1-2-12-4-3-5-14(10-12)15-8-9-16(17-11-15)13-6-7-13;1-2/h5,8-11,13H,2-4,6-7H2,1H3;2H2,1H3. The summed E-state index contributed by atoms with van der Waals surface area (Å²) in [5, 5.41) is 0. The molecule has 2 aliphatic carbocycles. The Morgan fingerprint density at radius 3 is 2.63 bits per heavy atom. The van der Waals surface area contributed by atoms with Gasteiger partial charge in [0, 0.05) is 17.8 Å². The molecule has 0 aliphatic heterocycles. The van der Waals surface area contributed by atoms with E-state index < -0.39 is 0 Å². The highest BCUT2D eigenvalue weighted by Crippen LogP contribution is 2.39. The minimum atomic E-state index is 0.756. The van der Waals surface area contributed by atoms with E-state index >= 15 is 0 Å². The zero-order valence-electron chi connectivity index (χ0n) is 12.0. The maximum absolute atomic E-state index is 4.60. The number of allylic oxidation sites excluding steroid dienone is 4. The molecule has 2 nitrogen and oxygen atoms in total. The Morgan fingerprint density at radius 1 is 1.26 bits per heavy atom. The maximum atomic E-state index is 4.60. The number of aromatic nitrogens is 1. The Labute approximate surface area is 116 Å². The van der Waals surface area contributed by atoms with Crippen LogP contribution in [0.15, 0.2) is 36.1 Å². The van der Waals surface area contributed by atoms with Crippen molar-refractivity contribution in [3.05, 3.63) is 47.3 Å². The van der Waals surface area contributed by atoms with E-state index in [0.717, 1.165) is 5.92 Å². The van der Waals surface area contributed by atoms with Gasteiger partial charge in [-0.3, -0.25) is 4.98 Å². The fourth-order valence-corrected chi connectivity index (χ4v) is 2.44. The van der Waals surface area contributed by atoms with Crippen LogP contribution in [0, 0.1) is 0 Å². The molecule has 2 N–H and O–H groups in total. The Balaban J connectivity index is 0.000000637. The van der Waals surface area contributed by atoms with Gasteiger partial charge in [-0.15, -0.1) is 0 Å². The van der Waals surface area contributed by atoms with Crippen LogP contribution in [-0.4, -0.2) is 12.0 Å². The number of nitrogens with two attached hydrogens (primary N) is 1. The van der Waals surface area contributed by atoms with E-state index in [1.165, 1.54) is 56.0 Å². The first-order valence-electron chi connectivity index (χ1n) is 7.30. The van der Waals surface area contributed by atoms with Gasteiger partial charge in [0.1, 0.15) is 0 Å². The van der Waals surface area contributed by atoms with Crippen molar-refractivity contribution < 1.29 is 0 Å². The number of hydrogen-bond donors (Lipinski definition) is 1.